The standard InChI is InChI=1S/C29H30N2O6/c1-4-35-26-8-6-5-7-25(26)30-27(32)18-36-29(34)21-16-28(33)31(17-21)22-10-13-23(14-11-22)37-24-12-9-19(2)20(3)15-24/h5-15,21H,4,16-18H2,1-3H3,(H,30,32)/t21-/m0/s1. The number of aryl methyl sites for hydroxylation is 2. The number of carbonyl (C=O) groups excluding carboxylic acids is 3. The molecule has 192 valence electrons. The predicted octanol–water partition coefficient (Wildman–Crippen LogP) is 5.03. The lowest BCUT2D eigenvalue weighted by Crippen LogP contribution is -2.28. The van der Waals surface area contributed by atoms with Gasteiger partial charge in [-0.1, -0.05) is 18.2 Å². The molecule has 0 radical (unpaired) electrons. The van der Waals surface area contributed by atoms with Crippen molar-refractivity contribution in [1.29, 1.82) is 0 Å². The van der Waals surface area contributed by atoms with Gasteiger partial charge in [0.25, 0.3) is 5.91 Å². The van der Waals surface area contributed by atoms with Crippen LogP contribution in [0.5, 0.6) is 17.2 Å². The Morgan fingerprint density at radius 2 is 1.70 bits per heavy atom. The van der Waals surface area contributed by atoms with Crippen molar-refractivity contribution in [3.05, 3.63) is 77.9 Å². The second-order valence-electron chi connectivity index (χ2n) is 8.83. The number of para-hydroxylation sites is 2. The van der Waals surface area contributed by atoms with E-state index in [1.54, 1.807) is 53.4 Å². The van der Waals surface area contributed by atoms with Crippen LogP contribution < -0.4 is 19.7 Å². The van der Waals surface area contributed by atoms with Gasteiger partial charge in [0, 0.05) is 18.7 Å². The molecule has 1 aliphatic heterocycles. The highest BCUT2D eigenvalue weighted by Gasteiger charge is 2.36. The molecule has 4 rings (SSSR count). The molecule has 0 aliphatic carbocycles. The molecule has 0 bridgehead atoms. The number of ether oxygens (including phenoxy) is 3. The molecular weight excluding hydrogens is 472 g/mol. The summed E-state index contributed by atoms with van der Waals surface area (Å²) in [4.78, 5) is 39.0. The minimum absolute atomic E-state index is 0.0223. The first kappa shape index (κ1) is 25.8. The van der Waals surface area contributed by atoms with Gasteiger partial charge in [-0.15, -0.1) is 0 Å². The van der Waals surface area contributed by atoms with Crippen LogP contribution in [0.1, 0.15) is 24.5 Å². The SMILES string of the molecule is CCOc1ccccc1NC(=O)COC(=O)[C@H]1CC(=O)N(c2ccc(Oc3ccc(C)c(C)c3)cc2)C1. The molecule has 1 aliphatic rings. The number of rotatable bonds is 9. The van der Waals surface area contributed by atoms with E-state index in [0.717, 1.165) is 11.3 Å². The van der Waals surface area contributed by atoms with Gasteiger partial charge in [-0.25, -0.2) is 0 Å². The molecule has 1 atom stereocenters. The highest BCUT2D eigenvalue weighted by Crippen LogP contribution is 2.30. The number of esters is 1. The molecule has 1 saturated heterocycles. The number of anilines is 2. The van der Waals surface area contributed by atoms with E-state index in [1.165, 1.54) is 5.56 Å². The fraction of sp³-hybridized carbons (Fsp3) is 0.276. The van der Waals surface area contributed by atoms with Gasteiger partial charge in [0.15, 0.2) is 6.61 Å². The van der Waals surface area contributed by atoms with Crippen LogP contribution in [0.2, 0.25) is 0 Å². The van der Waals surface area contributed by atoms with Crippen LogP contribution in [0.3, 0.4) is 0 Å². The van der Waals surface area contributed by atoms with Crippen LogP contribution in [0, 0.1) is 19.8 Å². The van der Waals surface area contributed by atoms with Gasteiger partial charge in [-0.05, 0) is 80.4 Å². The van der Waals surface area contributed by atoms with Gasteiger partial charge in [0.05, 0.1) is 18.2 Å². The van der Waals surface area contributed by atoms with E-state index < -0.39 is 24.4 Å². The zero-order valence-corrected chi connectivity index (χ0v) is 21.2. The molecule has 0 aromatic heterocycles. The van der Waals surface area contributed by atoms with E-state index >= 15 is 0 Å². The van der Waals surface area contributed by atoms with Crippen LogP contribution in [0.25, 0.3) is 0 Å². The highest BCUT2D eigenvalue weighted by molar-refractivity contribution is 6.00. The molecule has 1 N–H and O–H groups in total. The second-order valence-corrected chi connectivity index (χ2v) is 8.83. The Morgan fingerprint density at radius 3 is 2.43 bits per heavy atom. The molecule has 8 nitrogen and oxygen atoms in total. The number of carbonyl (C=O) groups is 3. The summed E-state index contributed by atoms with van der Waals surface area (Å²) in [7, 11) is 0. The first-order valence-electron chi connectivity index (χ1n) is 12.2. The van der Waals surface area contributed by atoms with E-state index in [0.29, 0.717) is 29.5 Å². The van der Waals surface area contributed by atoms with Crippen molar-refractivity contribution in [3.63, 3.8) is 0 Å². The third-order valence-electron chi connectivity index (χ3n) is 6.13. The number of hydrogen-bond acceptors (Lipinski definition) is 6. The summed E-state index contributed by atoms with van der Waals surface area (Å²) in [5, 5.41) is 2.68. The predicted molar refractivity (Wildman–Crippen MR) is 140 cm³/mol. The Kier molecular flexibility index (Phi) is 8.08. The summed E-state index contributed by atoms with van der Waals surface area (Å²) in [5.74, 6) is 0.0159. The van der Waals surface area contributed by atoms with Gasteiger partial charge in [0.1, 0.15) is 17.2 Å². The molecule has 8 heteroatoms. The normalized spacial score (nSPS) is 14.8. The van der Waals surface area contributed by atoms with Gasteiger partial charge < -0.3 is 24.4 Å². The quantitative estimate of drug-likeness (QED) is 0.413. The summed E-state index contributed by atoms with van der Waals surface area (Å²) < 4.78 is 16.6. The Bertz CT molecular complexity index is 1290. The summed E-state index contributed by atoms with van der Waals surface area (Å²) >= 11 is 0. The molecule has 3 aromatic rings. The highest BCUT2D eigenvalue weighted by atomic mass is 16.5. The zero-order chi connectivity index (χ0) is 26.4. The van der Waals surface area contributed by atoms with Crippen molar-refractivity contribution in [2.24, 2.45) is 5.92 Å². The minimum atomic E-state index is -0.650. The number of benzene rings is 3. The van der Waals surface area contributed by atoms with Crippen molar-refractivity contribution in [2.75, 3.05) is 30.0 Å². The molecule has 1 heterocycles. The fourth-order valence-electron chi connectivity index (χ4n) is 4.01. The topological polar surface area (TPSA) is 94.2 Å². The summed E-state index contributed by atoms with van der Waals surface area (Å²) in [5.41, 5.74) is 3.49. The number of hydrogen-bond donors (Lipinski definition) is 1. The Labute approximate surface area is 216 Å². The maximum atomic E-state index is 12.6. The molecular formula is C29H30N2O6. The van der Waals surface area contributed by atoms with Crippen LogP contribution in [-0.4, -0.2) is 37.5 Å². The van der Waals surface area contributed by atoms with Crippen molar-refractivity contribution < 1.29 is 28.6 Å². The van der Waals surface area contributed by atoms with Crippen molar-refractivity contribution in [1.82, 2.24) is 0 Å². The number of nitrogens with zero attached hydrogens (tertiary/aromatic N) is 1. The van der Waals surface area contributed by atoms with Crippen molar-refractivity contribution in [2.45, 2.75) is 27.2 Å². The molecule has 1 fully saturated rings. The average Bonchev–Trinajstić information content (AvgIpc) is 3.28. The largest absolute Gasteiger partial charge is 0.492 e. The first-order valence-corrected chi connectivity index (χ1v) is 12.2. The molecule has 0 spiro atoms. The summed E-state index contributed by atoms with van der Waals surface area (Å²) in [6, 6.07) is 20.0. The minimum Gasteiger partial charge on any atom is -0.492 e. The van der Waals surface area contributed by atoms with Crippen molar-refractivity contribution >= 4 is 29.2 Å². The van der Waals surface area contributed by atoms with Crippen LogP contribution in [0.15, 0.2) is 66.7 Å². The molecule has 2 amide bonds. The van der Waals surface area contributed by atoms with Gasteiger partial charge >= 0.3 is 5.97 Å². The van der Waals surface area contributed by atoms with E-state index in [2.05, 4.69) is 5.32 Å². The molecule has 3 aromatic carbocycles. The molecule has 0 unspecified atom stereocenters. The van der Waals surface area contributed by atoms with Crippen molar-refractivity contribution in [3.8, 4) is 17.2 Å². The lowest BCUT2D eigenvalue weighted by Gasteiger charge is -2.17. The number of nitrogens with one attached hydrogen (secondary N) is 1. The lowest BCUT2D eigenvalue weighted by molar-refractivity contribution is -0.151. The maximum absolute atomic E-state index is 12.6. The Balaban J connectivity index is 1.30. The number of amides is 2. The second kappa shape index (κ2) is 11.6. The van der Waals surface area contributed by atoms with Crippen LogP contribution >= 0.6 is 0 Å². The Hall–Kier alpha value is -4.33. The van der Waals surface area contributed by atoms with E-state index in [-0.39, 0.29) is 18.9 Å². The lowest BCUT2D eigenvalue weighted by atomic mass is 10.1. The summed E-state index contributed by atoms with van der Waals surface area (Å²) in [6.07, 6.45) is 0.0223. The smallest absolute Gasteiger partial charge is 0.311 e. The van der Waals surface area contributed by atoms with Gasteiger partial charge in [-0.2, -0.15) is 0 Å². The van der Waals surface area contributed by atoms with E-state index in [1.807, 2.05) is 39.0 Å². The monoisotopic (exact) mass is 502 g/mol. The average molecular weight is 503 g/mol. The first-order chi connectivity index (χ1) is 17.8. The molecule has 37 heavy (non-hydrogen) atoms. The van der Waals surface area contributed by atoms with E-state index in [9.17, 15) is 14.4 Å². The Morgan fingerprint density at radius 1 is 0.973 bits per heavy atom. The zero-order valence-electron chi connectivity index (χ0n) is 21.2. The third-order valence-corrected chi connectivity index (χ3v) is 6.13. The third kappa shape index (κ3) is 6.46. The van der Waals surface area contributed by atoms with Crippen LogP contribution in [-0.2, 0) is 19.1 Å². The van der Waals surface area contributed by atoms with Gasteiger partial charge in [0.2, 0.25) is 5.91 Å². The van der Waals surface area contributed by atoms with Crippen LogP contribution in [0.4, 0.5) is 11.4 Å². The maximum Gasteiger partial charge on any atom is 0.311 e. The summed E-state index contributed by atoms with van der Waals surface area (Å²) in [6.45, 7) is 6.11. The molecule has 0 saturated carbocycles. The van der Waals surface area contributed by atoms with Gasteiger partial charge in [-0.3, -0.25) is 14.4 Å². The van der Waals surface area contributed by atoms with E-state index in [4.69, 9.17) is 14.2 Å². The fourth-order valence-corrected chi connectivity index (χ4v) is 4.01.